The predicted octanol–water partition coefficient (Wildman–Crippen LogP) is 3.10. The summed E-state index contributed by atoms with van der Waals surface area (Å²) >= 11 is 2.07. The molecule has 0 radical (unpaired) electrons. The lowest BCUT2D eigenvalue weighted by Crippen LogP contribution is -2.43. The molecular weight excluding hydrogens is 256 g/mol. The predicted molar refractivity (Wildman–Crippen MR) is 82.5 cm³/mol. The first-order valence-electron chi connectivity index (χ1n) is 7.21. The van der Waals surface area contributed by atoms with Gasteiger partial charge in [0.05, 0.1) is 12.8 Å². The van der Waals surface area contributed by atoms with Crippen LogP contribution in [-0.4, -0.2) is 34.5 Å². The molecule has 0 saturated carbocycles. The number of hydrogen-bond acceptors (Lipinski definition) is 4. The molecule has 1 fully saturated rings. The van der Waals surface area contributed by atoms with Crippen molar-refractivity contribution >= 4 is 11.8 Å². The zero-order valence-corrected chi connectivity index (χ0v) is 13.3. The van der Waals surface area contributed by atoms with Crippen molar-refractivity contribution in [3.05, 3.63) is 23.7 Å². The molecule has 2 rings (SSSR count). The van der Waals surface area contributed by atoms with E-state index in [-0.39, 0.29) is 0 Å². The highest BCUT2D eigenvalue weighted by atomic mass is 32.2. The Kier molecular flexibility index (Phi) is 5.37. The van der Waals surface area contributed by atoms with Crippen LogP contribution in [0.25, 0.3) is 0 Å². The quantitative estimate of drug-likeness (QED) is 0.898. The lowest BCUT2D eigenvalue weighted by molar-refractivity contribution is 0.189. The van der Waals surface area contributed by atoms with Gasteiger partial charge in [-0.1, -0.05) is 20.8 Å². The Balaban J connectivity index is 1.88. The van der Waals surface area contributed by atoms with E-state index in [1.54, 1.807) is 0 Å². The van der Waals surface area contributed by atoms with E-state index in [1.807, 2.05) is 6.26 Å². The number of nitrogens with zero attached hydrogens (tertiary/aromatic N) is 1. The van der Waals surface area contributed by atoms with Crippen LogP contribution in [0.3, 0.4) is 0 Å². The van der Waals surface area contributed by atoms with Crippen LogP contribution in [0.5, 0.6) is 0 Å². The van der Waals surface area contributed by atoms with E-state index < -0.39 is 0 Å². The summed E-state index contributed by atoms with van der Waals surface area (Å²) in [6.07, 6.45) is 1.89. The number of furan rings is 1. The van der Waals surface area contributed by atoms with Crippen LogP contribution < -0.4 is 5.32 Å². The van der Waals surface area contributed by atoms with Gasteiger partial charge < -0.3 is 9.73 Å². The molecular formula is C15H26N2OS. The van der Waals surface area contributed by atoms with Gasteiger partial charge in [-0.3, -0.25) is 4.90 Å². The molecule has 1 aromatic rings. The lowest BCUT2D eigenvalue weighted by atomic mass is 10.2. The average Bonchev–Trinajstić information content (AvgIpc) is 2.80. The fraction of sp³-hybridized carbons (Fsp3) is 0.733. The first-order chi connectivity index (χ1) is 9.06. The molecule has 1 aliphatic heterocycles. The molecule has 2 unspecified atom stereocenters. The summed E-state index contributed by atoms with van der Waals surface area (Å²) < 4.78 is 5.69. The molecule has 3 nitrogen and oxygen atoms in total. The monoisotopic (exact) mass is 282 g/mol. The van der Waals surface area contributed by atoms with Gasteiger partial charge in [0.2, 0.25) is 0 Å². The van der Waals surface area contributed by atoms with Crippen molar-refractivity contribution in [2.45, 2.75) is 58.1 Å². The molecule has 1 N–H and O–H groups in total. The Hall–Kier alpha value is -0.450. The van der Waals surface area contributed by atoms with Crippen molar-refractivity contribution in [3.63, 3.8) is 0 Å². The maximum absolute atomic E-state index is 5.69. The summed E-state index contributed by atoms with van der Waals surface area (Å²) in [7, 11) is 0. The van der Waals surface area contributed by atoms with Gasteiger partial charge >= 0.3 is 0 Å². The van der Waals surface area contributed by atoms with Crippen LogP contribution in [0.15, 0.2) is 16.7 Å². The van der Waals surface area contributed by atoms with Crippen molar-refractivity contribution < 1.29 is 4.42 Å². The fourth-order valence-corrected chi connectivity index (χ4v) is 3.50. The van der Waals surface area contributed by atoms with Gasteiger partial charge in [-0.05, 0) is 13.0 Å². The zero-order chi connectivity index (χ0) is 13.8. The molecule has 1 aliphatic rings. The second-order valence-electron chi connectivity index (χ2n) is 5.74. The molecule has 19 heavy (non-hydrogen) atoms. The maximum Gasteiger partial charge on any atom is 0.118 e. The van der Waals surface area contributed by atoms with Crippen LogP contribution in [0, 0.1) is 0 Å². The minimum absolute atomic E-state index is 0.512. The van der Waals surface area contributed by atoms with Crippen molar-refractivity contribution in [3.8, 4) is 0 Å². The zero-order valence-electron chi connectivity index (χ0n) is 12.5. The van der Waals surface area contributed by atoms with E-state index >= 15 is 0 Å². The van der Waals surface area contributed by atoms with Crippen molar-refractivity contribution in [1.29, 1.82) is 0 Å². The van der Waals surface area contributed by atoms with Crippen LogP contribution >= 0.6 is 11.8 Å². The second-order valence-corrected chi connectivity index (χ2v) is 7.23. The third-order valence-electron chi connectivity index (χ3n) is 3.80. The van der Waals surface area contributed by atoms with Crippen molar-refractivity contribution in [1.82, 2.24) is 10.2 Å². The number of rotatable bonds is 5. The Morgan fingerprint density at radius 3 is 3.00 bits per heavy atom. The Labute approximate surface area is 121 Å². The molecule has 1 aromatic heterocycles. The molecule has 2 atom stereocenters. The normalized spacial score (nSPS) is 25.1. The first-order valence-corrected chi connectivity index (χ1v) is 8.26. The topological polar surface area (TPSA) is 28.4 Å². The highest BCUT2D eigenvalue weighted by molar-refractivity contribution is 8.00. The van der Waals surface area contributed by atoms with Gasteiger partial charge in [0.15, 0.2) is 0 Å². The molecule has 0 aliphatic carbocycles. The highest BCUT2D eigenvalue weighted by Crippen LogP contribution is 2.25. The molecule has 0 spiro atoms. The standard InChI is InChI=1S/C15H26N2OS/c1-11(2)16-8-14-7-15(18-10-14)9-17-5-6-19-13(4)12(17)3/h7,10-13,16H,5-6,8-9H2,1-4H3. The highest BCUT2D eigenvalue weighted by Gasteiger charge is 2.25. The maximum atomic E-state index is 5.69. The lowest BCUT2D eigenvalue weighted by Gasteiger charge is -2.36. The largest absolute Gasteiger partial charge is 0.468 e. The van der Waals surface area contributed by atoms with Gasteiger partial charge in [-0.2, -0.15) is 11.8 Å². The number of thioether (sulfide) groups is 1. The summed E-state index contributed by atoms with van der Waals surface area (Å²) in [5.41, 5.74) is 1.25. The smallest absolute Gasteiger partial charge is 0.118 e. The minimum Gasteiger partial charge on any atom is -0.468 e. The van der Waals surface area contributed by atoms with E-state index in [1.165, 1.54) is 11.3 Å². The third kappa shape index (κ3) is 4.26. The van der Waals surface area contributed by atoms with Crippen molar-refractivity contribution in [2.75, 3.05) is 12.3 Å². The SMILES string of the molecule is CC(C)NCc1coc(CN2CCSC(C)C2C)c1. The molecule has 108 valence electrons. The number of nitrogens with one attached hydrogen (secondary N) is 1. The molecule has 4 heteroatoms. The van der Waals surface area contributed by atoms with Crippen molar-refractivity contribution in [2.24, 2.45) is 0 Å². The fourth-order valence-electron chi connectivity index (χ4n) is 2.34. The Morgan fingerprint density at radius 2 is 2.26 bits per heavy atom. The molecule has 0 bridgehead atoms. The second kappa shape index (κ2) is 6.82. The van der Waals surface area contributed by atoms with E-state index in [0.717, 1.165) is 25.4 Å². The van der Waals surface area contributed by atoms with Gasteiger partial charge in [-0.25, -0.2) is 0 Å². The van der Waals surface area contributed by atoms with E-state index in [4.69, 9.17) is 4.42 Å². The van der Waals surface area contributed by atoms with Crippen LogP contribution in [0.1, 0.15) is 39.0 Å². The summed E-state index contributed by atoms with van der Waals surface area (Å²) in [4.78, 5) is 2.53. The van der Waals surface area contributed by atoms with Gasteiger partial charge in [-0.15, -0.1) is 0 Å². The third-order valence-corrected chi connectivity index (χ3v) is 5.13. The average molecular weight is 282 g/mol. The van der Waals surface area contributed by atoms with Crippen LogP contribution in [0.4, 0.5) is 0 Å². The van der Waals surface area contributed by atoms with Gasteiger partial charge in [0.1, 0.15) is 5.76 Å². The number of hydrogen-bond donors (Lipinski definition) is 1. The first kappa shape index (κ1) is 14.9. The van der Waals surface area contributed by atoms with Gasteiger partial charge in [0, 0.05) is 41.7 Å². The van der Waals surface area contributed by atoms with Crippen LogP contribution in [0.2, 0.25) is 0 Å². The van der Waals surface area contributed by atoms with E-state index in [0.29, 0.717) is 17.3 Å². The molecule has 0 amide bonds. The Bertz CT molecular complexity index is 391. The van der Waals surface area contributed by atoms with Gasteiger partial charge in [0.25, 0.3) is 0 Å². The minimum atomic E-state index is 0.512. The van der Waals surface area contributed by atoms with E-state index in [2.05, 4.69) is 55.7 Å². The van der Waals surface area contributed by atoms with Crippen LogP contribution in [-0.2, 0) is 13.1 Å². The summed E-state index contributed by atoms with van der Waals surface area (Å²) in [5, 5.41) is 4.13. The van der Waals surface area contributed by atoms with E-state index in [9.17, 15) is 0 Å². The Morgan fingerprint density at radius 1 is 1.47 bits per heavy atom. The summed E-state index contributed by atoms with van der Waals surface area (Å²) in [6, 6.07) is 3.33. The molecule has 2 heterocycles. The summed E-state index contributed by atoms with van der Waals surface area (Å²) in [6.45, 7) is 12.0. The molecule has 1 saturated heterocycles. The molecule has 0 aromatic carbocycles. The summed E-state index contributed by atoms with van der Waals surface area (Å²) in [5.74, 6) is 2.32.